The van der Waals surface area contributed by atoms with Crippen molar-refractivity contribution in [2.75, 3.05) is 5.01 Å². The summed E-state index contributed by atoms with van der Waals surface area (Å²) in [5, 5.41) is 7.21. The number of hydrogen-bond acceptors (Lipinski definition) is 3. The lowest BCUT2D eigenvalue weighted by molar-refractivity contribution is 0.709. The summed E-state index contributed by atoms with van der Waals surface area (Å²) in [6.07, 6.45) is 2.77. The van der Waals surface area contributed by atoms with Crippen LogP contribution in [0, 0.1) is 6.92 Å². The van der Waals surface area contributed by atoms with Gasteiger partial charge in [-0.3, -0.25) is 10.0 Å². The van der Waals surface area contributed by atoms with Gasteiger partial charge in [0.2, 0.25) is 0 Å². The number of aryl methyl sites for hydroxylation is 1. The highest BCUT2D eigenvalue weighted by Gasteiger charge is 2.29. The molecule has 0 aromatic heterocycles. The van der Waals surface area contributed by atoms with Gasteiger partial charge in [-0.1, -0.05) is 88.2 Å². The van der Waals surface area contributed by atoms with Crippen LogP contribution >= 0.6 is 15.9 Å². The van der Waals surface area contributed by atoms with E-state index in [1.165, 1.54) is 16.7 Å². The van der Waals surface area contributed by atoms with Gasteiger partial charge in [0, 0.05) is 17.1 Å². The van der Waals surface area contributed by atoms with Gasteiger partial charge in [-0.05, 0) is 60.0 Å². The molecule has 1 unspecified atom stereocenters. The third kappa shape index (κ3) is 4.96. The van der Waals surface area contributed by atoms with E-state index in [0.29, 0.717) is 0 Å². The van der Waals surface area contributed by atoms with E-state index in [-0.39, 0.29) is 6.04 Å². The smallest absolute Gasteiger partial charge is 0.0831 e. The number of aliphatic imine (C=N–C) groups is 1. The first-order valence-electron chi connectivity index (χ1n) is 11.0. The quantitative estimate of drug-likeness (QED) is 0.260. The molecule has 0 amide bonds. The van der Waals surface area contributed by atoms with Crippen LogP contribution < -0.4 is 5.01 Å². The molecule has 162 valence electrons. The lowest BCUT2D eigenvalue weighted by Gasteiger charge is -2.24. The fourth-order valence-electron chi connectivity index (χ4n) is 3.99. The molecule has 4 aromatic carbocycles. The highest BCUT2D eigenvalue weighted by atomic mass is 79.9. The van der Waals surface area contributed by atoms with Gasteiger partial charge >= 0.3 is 0 Å². The number of hydrogen-bond donors (Lipinski definition) is 0. The summed E-state index contributed by atoms with van der Waals surface area (Å²) in [5.41, 5.74) is 7.88. The van der Waals surface area contributed by atoms with Crippen molar-refractivity contribution in [2.45, 2.75) is 19.4 Å². The molecule has 0 aliphatic carbocycles. The molecule has 1 aliphatic rings. The van der Waals surface area contributed by atoms with Crippen LogP contribution in [-0.4, -0.2) is 11.9 Å². The zero-order valence-electron chi connectivity index (χ0n) is 18.4. The predicted molar refractivity (Wildman–Crippen MR) is 142 cm³/mol. The lowest BCUT2D eigenvalue weighted by Crippen LogP contribution is -2.18. The van der Waals surface area contributed by atoms with Crippen molar-refractivity contribution in [3.05, 3.63) is 130 Å². The summed E-state index contributed by atoms with van der Waals surface area (Å²) in [6, 6.07) is 35.8. The third-order valence-corrected chi connectivity index (χ3v) is 6.36. The molecule has 3 nitrogen and oxygen atoms in total. The highest BCUT2D eigenvalue weighted by molar-refractivity contribution is 9.10. The Hall–Kier alpha value is -3.50. The van der Waals surface area contributed by atoms with Crippen LogP contribution in [0.4, 0.5) is 11.4 Å². The molecule has 33 heavy (non-hydrogen) atoms. The zero-order chi connectivity index (χ0) is 22.6. The summed E-state index contributed by atoms with van der Waals surface area (Å²) in [4.78, 5) is 4.58. The second-order valence-corrected chi connectivity index (χ2v) is 9.13. The van der Waals surface area contributed by atoms with E-state index in [0.717, 1.165) is 33.5 Å². The minimum Gasteiger partial charge on any atom is -0.257 e. The molecule has 0 saturated carbocycles. The molecule has 0 radical (unpaired) electrons. The molecule has 4 heteroatoms. The van der Waals surface area contributed by atoms with Gasteiger partial charge in [-0.2, -0.15) is 5.10 Å². The zero-order valence-corrected chi connectivity index (χ0v) is 20.0. The number of rotatable bonds is 5. The van der Waals surface area contributed by atoms with Crippen molar-refractivity contribution in [3.8, 4) is 0 Å². The van der Waals surface area contributed by atoms with Crippen molar-refractivity contribution in [2.24, 2.45) is 10.1 Å². The standard InChI is InChI=1S/C29H24BrN3/c1-21-7-11-23(12-8-21)28-19-29(24-5-3-2-4-6-24)33(32-28)27-17-9-22(10-18-27)20-31-26-15-13-25(30)14-16-26/h2-18,20,29H,19H2,1H3. The second-order valence-electron chi connectivity index (χ2n) is 8.21. The molecule has 0 saturated heterocycles. The number of halogens is 1. The van der Waals surface area contributed by atoms with Crippen LogP contribution in [0.1, 0.15) is 34.7 Å². The van der Waals surface area contributed by atoms with Crippen molar-refractivity contribution in [1.29, 1.82) is 0 Å². The molecular weight excluding hydrogens is 470 g/mol. The first-order valence-corrected chi connectivity index (χ1v) is 11.8. The van der Waals surface area contributed by atoms with Gasteiger partial charge in [-0.15, -0.1) is 0 Å². The molecule has 4 aromatic rings. The number of benzene rings is 4. The number of hydrazone groups is 1. The predicted octanol–water partition coefficient (Wildman–Crippen LogP) is 7.86. The van der Waals surface area contributed by atoms with E-state index < -0.39 is 0 Å². The summed E-state index contributed by atoms with van der Waals surface area (Å²) >= 11 is 3.46. The summed E-state index contributed by atoms with van der Waals surface area (Å²) in [7, 11) is 0. The number of nitrogens with zero attached hydrogens (tertiary/aromatic N) is 3. The van der Waals surface area contributed by atoms with E-state index in [2.05, 4.69) is 112 Å². The SMILES string of the molecule is Cc1ccc(C2=NN(c3ccc(C=Nc4ccc(Br)cc4)cc3)C(c3ccccc3)C2)cc1. The van der Waals surface area contributed by atoms with Gasteiger partial charge in [0.15, 0.2) is 0 Å². The Kier molecular flexibility index (Phi) is 6.18. The summed E-state index contributed by atoms with van der Waals surface area (Å²) in [5.74, 6) is 0. The van der Waals surface area contributed by atoms with Crippen molar-refractivity contribution in [1.82, 2.24) is 0 Å². The van der Waals surface area contributed by atoms with Crippen LogP contribution in [-0.2, 0) is 0 Å². The maximum atomic E-state index is 5.06. The molecule has 0 fully saturated rings. The van der Waals surface area contributed by atoms with Crippen LogP contribution in [0.25, 0.3) is 0 Å². The Labute approximate surface area is 203 Å². The molecule has 0 spiro atoms. The van der Waals surface area contributed by atoms with E-state index >= 15 is 0 Å². The Morgan fingerprint density at radius 1 is 0.848 bits per heavy atom. The van der Waals surface area contributed by atoms with E-state index in [1.807, 2.05) is 30.5 Å². The highest BCUT2D eigenvalue weighted by Crippen LogP contribution is 2.36. The van der Waals surface area contributed by atoms with E-state index in [9.17, 15) is 0 Å². The Balaban J connectivity index is 1.42. The van der Waals surface area contributed by atoms with Gasteiger partial charge in [0.05, 0.1) is 23.1 Å². The fourth-order valence-corrected chi connectivity index (χ4v) is 4.26. The average Bonchev–Trinajstić information content (AvgIpc) is 3.30. The van der Waals surface area contributed by atoms with Crippen molar-refractivity contribution >= 4 is 39.2 Å². The van der Waals surface area contributed by atoms with Gasteiger partial charge in [-0.25, -0.2) is 0 Å². The molecular formula is C29H24BrN3. The molecule has 0 N–H and O–H groups in total. The first kappa shape index (κ1) is 21.4. The molecule has 1 heterocycles. The Bertz CT molecular complexity index is 1280. The van der Waals surface area contributed by atoms with E-state index in [1.54, 1.807) is 0 Å². The Morgan fingerprint density at radius 2 is 1.55 bits per heavy atom. The molecule has 5 rings (SSSR count). The lowest BCUT2D eigenvalue weighted by atomic mass is 9.98. The Morgan fingerprint density at radius 3 is 2.24 bits per heavy atom. The van der Waals surface area contributed by atoms with E-state index in [4.69, 9.17) is 5.10 Å². The topological polar surface area (TPSA) is 28.0 Å². The van der Waals surface area contributed by atoms with Gasteiger partial charge in [0.1, 0.15) is 0 Å². The van der Waals surface area contributed by atoms with Crippen LogP contribution in [0.2, 0.25) is 0 Å². The van der Waals surface area contributed by atoms with Crippen LogP contribution in [0.5, 0.6) is 0 Å². The molecule has 1 aliphatic heterocycles. The number of anilines is 1. The summed E-state index contributed by atoms with van der Waals surface area (Å²) in [6.45, 7) is 2.11. The summed E-state index contributed by atoms with van der Waals surface area (Å²) < 4.78 is 1.05. The minimum atomic E-state index is 0.171. The molecule has 0 bridgehead atoms. The third-order valence-electron chi connectivity index (χ3n) is 5.83. The fraction of sp³-hybridized carbons (Fsp3) is 0.103. The average molecular weight is 494 g/mol. The molecule has 1 atom stereocenters. The second kappa shape index (κ2) is 9.55. The normalized spacial score (nSPS) is 15.8. The van der Waals surface area contributed by atoms with Crippen LogP contribution in [0.15, 0.2) is 118 Å². The van der Waals surface area contributed by atoms with Crippen molar-refractivity contribution in [3.63, 3.8) is 0 Å². The monoisotopic (exact) mass is 493 g/mol. The maximum Gasteiger partial charge on any atom is 0.0831 e. The minimum absolute atomic E-state index is 0.171. The van der Waals surface area contributed by atoms with Crippen LogP contribution in [0.3, 0.4) is 0 Å². The van der Waals surface area contributed by atoms with Gasteiger partial charge in [0.25, 0.3) is 0 Å². The maximum absolute atomic E-state index is 5.06. The van der Waals surface area contributed by atoms with Crippen molar-refractivity contribution < 1.29 is 0 Å². The van der Waals surface area contributed by atoms with Gasteiger partial charge < -0.3 is 0 Å². The largest absolute Gasteiger partial charge is 0.257 e. The first-order chi connectivity index (χ1) is 16.2.